The zero-order valence-electron chi connectivity index (χ0n) is 6.67. The van der Waals surface area contributed by atoms with Crippen LogP contribution in [0.25, 0.3) is 0 Å². The Balaban J connectivity index is 2.65. The van der Waals surface area contributed by atoms with Crippen LogP contribution in [0.1, 0.15) is 17.5 Å². The Morgan fingerprint density at radius 3 is 3.00 bits per heavy atom. The Morgan fingerprint density at radius 2 is 2.36 bits per heavy atom. The summed E-state index contributed by atoms with van der Waals surface area (Å²) in [5.74, 6) is 2.61. The molecule has 1 aromatic heterocycles. The number of aryl methyl sites for hydroxylation is 2. The van der Waals surface area contributed by atoms with E-state index in [-0.39, 0.29) is 0 Å². The van der Waals surface area contributed by atoms with E-state index in [0.717, 1.165) is 12.8 Å². The first kappa shape index (κ1) is 7.81. The largest absolute Gasteiger partial charge is 0.264 e. The third kappa shape index (κ3) is 2.43. The van der Waals surface area contributed by atoms with Crippen LogP contribution in [-0.2, 0) is 6.42 Å². The topological polar surface area (TPSA) is 12.9 Å². The molecule has 0 bridgehead atoms. The van der Waals surface area contributed by atoms with Gasteiger partial charge in [-0.1, -0.05) is 6.07 Å². The zero-order chi connectivity index (χ0) is 8.10. The molecule has 0 spiro atoms. The van der Waals surface area contributed by atoms with Crippen LogP contribution in [0.3, 0.4) is 0 Å². The molecule has 0 atom stereocenters. The predicted octanol–water partition coefficient (Wildman–Crippen LogP) is 1.96. The molecule has 0 saturated heterocycles. The zero-order valence-corrected chi connectivity index (χ0v) is 6.67. The number of nitrogens with zero attached hydrogens (tertiary/aromatic N) is 1. The number of pyridine rings is 1. The lowest BCUT2D eigenvalue weighted by Crippen LogP contribution is -1.86. The number of aromatic nitrogens is 1. The molecule has 0 aliphatic carbocycles. The lowest BCUT2D eigenvalue weighted by atomic mass is 10.1. The fourth-order valence-electron chi connectivity index (χ4n) is 0.971. The molecule has 0 saturated carbocycles. The van der Waals surface area contributed by atoms with Gasteiger partial charge in [0.15, 0.2) is 0 Å². The van der Waals surface area contributed by atoms with Gasteiger partial charge >= 0.3 is 0 Å². The Hall–Kier alpha value is -1.29. The van der Waals surface area contributed by atoms with Gasteiger partial charge in [-0.15, -0.1) is 12.3 Å². The number of hydrogen-bond donors (Lipinski definition) is 0. The molecule has 56 valence electrons. The van der Waals surface area contributed by atoms with Crippen molar-refractivity contribution in [3.8, 4) is 12.3 Å². The molecule has 1 rings (SSSR count). The molecule has 11 heavy (non-hydrogen) atoms. The van der Waals surface area contributed by atoms with Crippen molar-refractivity contribution in [2.75, 3.05) is 0 Å². The molecular formula is C10H11N. The summed E-state index contributed by atoms with van der Waals surface area (Å²) in [5, 5.41) is 0. The number of hydrogen-bond acceptors (Lipinski definition) is 1. The molecule has 1 heterocycles. The summed E-state index contributed by atoms with van der Waals surface area (Å²) >= 11 is 0. The minimum Gasteiger partial charge on any atom is -0.264 e. The fourth-order valence-corrected chi connectivity index (χ4v) is 0.971. The van der Waals surface area contributed by atoms with Gasteiger partial charge in [0.05, 0.1) is 0 Å². The first-order valence-electron chi connectivity index (χ1n) is 3.67. The third-order valence-electron chi connectivity index (χ3n) is 1.49. The highest BCUT2D eigenvalue weighted by Gasteiger charge is 1.91. The van der Waals surface area contributed by atoms with Gasteiger partial charge in [0.1, 0.15) is 0 Å². The molecule has 0 unspecified atom stereocenters. The predicted molar refractivity (Wildman–Crippen MR) is 46.1 cm³/mol. The first-order valence-corrected chi connectivity index (χ1v) is 3.67. The minimum atomic E-state index is 0.797. The van der Waals surface area contributed by atoms with E-state index in [2.05, 4.69) is 17.0 Å². The molecular weight excluding hydrogens is 134 g/mol. The van der Waals surface area contributed by atoms with Crippen molar-refractivity contribution >= 4 is 0 Å². The Morgan fingerprint density at radius 1 is 1.55 bits per heavy atom. The summed E-state index contributed by atoms with van der Waals surface area (Å²) < 4.78 is 0. The van der Waals surface area contributed by atoms with Gasteiger partial charge in [-0.05, 0) is 24.5 Å². The summed E-state index contributed by atoms with van der Waals surface area (Å²) in [6.45, 7) is 2.03. The quantitative estimate of drug-likeness (QED) is 0.580. The molecule has 0 radical (unpaired) electrons. The Bertz CT molecular complexity index is 270. The van der Waals surface area contributed by atoms with E-state index in [1.807, 2.05) is 19.3 Å². The average molecular weight is 145 g/mol. The molecule has 0 aliphatic rings. The van der Waals surface area contributed by atoms with Gasteiger partial charge in [0.25, 0.3) is 0 Å². The Kier molecular flexibility index (Phi) is 2.68. The van der Waals surface area contributed by atoms with Gasteiger partial charge in [0.2, 0.25) is 0 Å². The van der Waals surface area contributed by atoms with Crippen molar-refractivity contribution < 1.29 is 0 Å². The maximum Gasteiger partial charge on any atom is 0.0300 e. The molecule has 1 nitrogen and oxygen atoms in total. The second-order valence-corrected chi connectivity index (χ2v) is 2.57. The summed E-state index contributed by atoms with van der Waals surface area (Å²) in [4.78, 5) is 4.07. The summed E-state index contributed by atoms with van der Waals surface area (Å²) in [7, 11) is 0. The maximum atomic E-state index is 5.14. The second-order valence-electron chi connectivity index (χ2n) is 2.57. The van der Waals surface area contributed by atoms with Gasteiger partial charge in [-0.3, -0.25) is 4.98 Å². The van der Waals surface area contributed by atoms with E-state index >= 15 is 0 Å². The SMILES string of the molecule is C#CCCc1cncc(C)c1. The standard InChI is InChI=1S/C10H11N/c1-3-4-5-10-6-9(2)7-11-8-10/h1,6-8H,4-5H2,2H3. The van der Waals surface area contributed by atoms with Gasteiger partial charge in [0, 0.05) is 18.8 Å². The third-order valence-corrected chi connectivity index (χ3v) is 1.49. The monoisotopic (exact) mass is 145 g/mol. The van der Waals surface area contributed by atoms with Crippen LogP contribution < -0.4 is 0 Å². The molecule has 1 heteroatoms. The van der Waals surface area contributed by atoms with Crippen LogP contribution in [0.4, 0.5) is 0 Å². The van der Waals surface area contributed by atoms with Crippen LogP contribution in [0.15, 0.2) is 18.5 Å². The van der Waals surface area contributed by atoms with Crippen molar-refractivity contribution in [1.82, 2.24) is 4.98 Å². The van der Waals surface area contributed by atoms with Gasteiger partial charge in [-0.2, -0.15) is 0 Å². The van der Waals surface area contributed by atoms with E-state index in [9.17, 15) is 0 Å². The van der Waals surface area contributed by atoms with Crippen molar-refractivity contribution in [2.24, 2.45) is 0 Å². The lowest BCUT2D eigenvalue weighted by molar-refractivity contribution is 1.01. The maximum absolute atomic E-state index is 5.14. The van der Waals surface area contributed by atoms with Crippen molar-refractivity contribution in [1.29, 1.82) is 0 Å². The summed E-state index contributed by atoms with van der Waals surface area (Å²) in [6, 6.07) is 2.12. The van der Waals surface area contributed by atoms with Crippen molar-refractivity contribution in [2.45, 2.75) is 19.8 Å². The summed E-state index contributed by atoms with van der Waals surface area (Å²) in [6.07, 6.45) is 10.6. The number of rotatable bonds is 2. The van der Waals surface area contributed by atoms with Crippen LogP contribution in [0.2, 0.25) is 0 Å². The van der Waals surface area contributed by atoms with Crippen LogP contribution in [-0.4, -0.2) is 4.98 Å². The highest BCUT2D eigenvalue weighted by atomic mass is 14.6. The number of terminal acetylenes is 1. The molecule has 0 amide bonds. The van der Waals surface area contributed by atoms with E-state index < -0.39 is 0 Å². The van der Waals surface area contributed by atoms with E-state index in [0.29, 0.717) is 0 Å². The average Bonchev–Trinajstić information content (AvgIpc) is 2.01. The molecule has 0 fully saturated rings. The molecule has 1 aromatic rings. The lowest BCUT2D eigenvalue weighted by Gasteiger charge is -1.97. The molecule has 0 N–H and O–H groups in total. The Labute approximate surface area is 67.5 Å². The van der Waals surface area contributed by atoms with E-state index in [1.165, 1.54) is 11.1 Å². The fraction of sp³-hybridized carbons (Fsp3) is 0.300. The first-order chi connectivity index (χ1) is 5.33. The van der Waals surface area contributed by atoms with Gasteiger partial charge < -0.3 is 0 Å². The smallest absolute Gasteiger partial charge is 0.0300 e. The molecule has 0 aromatic carbocycles. The van der Waals surface area contributed by atoms with E-state index in [1.54, 1.807) is 0 Å². The van der Waals surface area contributed by atoms with Crippen molar-refractivity contribution in [3.63, 3.8) is 0 Å². The van der Waals surface area contributed by atoms with Crippen LogP contribution in [0.5, 0.6) is 0 Å². The normalized spacial score (nSPS) is 9.09. The molecule has 0 aliphatic heterocycles. The van der Waals surface area contributed by atoms with Crippen LogP contribution in [0, 0.1) is 19.3 Å². The second kappa shape index (κ2) is 3.78. The van der Waals surface area contributed by atoms with E-state index in [4.69, 9.17) is 6.42 Å². The minimum absolute atomic E-state index is 0.797. The van der Waals surface area contributed by atoms with Crippen LogP contribution >= 0.6 is 0 Å². The van der Waals surface area contributed by atoms with Gasteiger partial charge in [-0.25, -0.2) is 0 Å². The van der Waals surface area contributed by atoms with Crippen molar-refractivity contribution in [3.05, 3.63) is 29.6 Å². The summed E-state index contributed by atoms with van der Waals surface area (Å²) in [5.41, 5.74) is 2.42. The highest BCUT2D eigenvalue weighted by Crippen LogP contribution is 2.03. The highest BCUT2D eigenvalue weighted by molar-refractivity contribution is 5.17.